The number of fused-ring (bicyclic) bond motifs is 1. The lowest BCUT2D eigenvalue weighted by atomic mass is 10.0. The molecule has 0 fully saturated rings. The largest absolute Gasteiger partial charge is 0.460 e. The van der Waals surface area contributed by atoms with Crippen LogP contribution in [-0.4, -0.2) is 87.0 Å². The molecule has 1 heterocycles. The molecule has 3 atom stereocenters. The maximum atomic E-state index is 13.9. The summed E-state index contributed by atoms with van der Waals surface area (Å²) >= 11 is 0. The Morgan fingerprint density at radius 1 is 1.00 bits per heavy atom. The molecular weight excluding hydrogens is 636 g/mol. The lowest BCUT2D eigenvalue weighted by Gasteiger charge is -2.27. The molecule has 0 aliphatic heterocycles. The van der Waals surface area contributed by atoms with Gasteiger partial charge in [-0.2, -0.15) is 5.10 Å². The minimum absolute atomic E-state index is 0.0750. The van der Waals surface area contributed by atoms with Crippen molar-refractivity contribution >= 4 is 46.7 Å². The average molecular weight is 681 g/mol. The number of hydrazone groups is 1. The Labute approximate surface area is 283 Å². The van der Waals surface area contributed by atoms with Crippen LogP contribution >= 0.6 is 0 Å². The number of primary amides is 1. The first-order valence-corrected chi connectivity index (χ1v) is 15.6. The van der Waals surface area contributed by atoms with Crippen molar-refractivity contribution in [3.8, 4) is 0 Å². The summed E-state index contributed by atoms with van der Waals surface area (Å²) in [6, 6.07) is 8.45. The summed E-state index contributed by atoms with van der Waals surface area (Å²) in [4.78, 5) is 64.8. The van der Waals surface area contributed by atoms with Crippen molar-refractivity contribution in [3.63, 3.8) is 0 Å². The Balaban J connectivity index is 1.84. The fourth-order valence-electron chi connectivity index (χ4n) is 4.78. The van der Waals surface area contributed by atoms with Gasteiger partial charge >= 0.3 is 12.0 Å². The van der Waals surface area contributed by atoms with E-state index in [-0.39, 0.29) is 26.0 Å². The summed E-state index contributed by atoms with van der Waals surface area (Å²) < 4.78 is 11.9. The number of aromatic nitrogens is 4. The van der Waals surface area contributed by atoms with Gasteiger partial charge in [0, 0.05) is 25.3 Å². The van der Waals surface area contributed by atoms with Crippen molar-refractivity contribution in [2.24, 2.45) is 16.8 Å². The highest BCUT2D eigenvalue weighted by atomic mass is 16.6. The Bertz CT molecular complexity index is 1640. The summed E-state index contributed by atoms with van der Waals surface area (Å²) in [5.41, 5.74) is 6.67. The molecule has 0 spiro atoms. The van der Waals surface area contributed by atoms with Gasteiger partial charge in [-0.1, -0.05) is 50.2 Å². The van der Waals surface area contributed by atoms with E-state index in [0.717, 1.165) is 11.6 Å². The van der Waals surface area contributed by atoms with Crippen LogP contribution in [0.1, 0.15) is 63.6 Å². The van der Waals surface area contributed by atoms with Crippen LogP contribution in [0.25, 0.3) is 10.8 Å². The fraction of sp³-hybridized carbons (Fsp3) is 0.469. The molecule has 0 radical (unpaired) electrons. The van der Waals surface area contributed by atoms with Crippen molar-refractivity contribution < 1.29 is 33.4 Å². The van der Waals surface area contributed by atoms with E-state index in [0.29, 0.717) is 16.8 Å². The lowest BCUT2D eigenvalue weighted by Crippen LogP contribution is -2.57. The van der Waals surface area contributed by atoms with E-state index >= 15 is 0 Å². The zero-order chi connectivity index (χ0) is 36.1. The minimum Gasteiger partial charge on any atom is -0.460 e. The number of hydrogen-bond donors (Lipinski definition) is 5. The number of rotatable bonds is 16. The van der Waals surface area contributed by atoms with Crippen molar-refractivity contribution in [2.75, 3.05) is 7.11 Å². The Morgan fingerprint density at radius 2 is 1.71 bits per heavy atom. The number of carbonyl (C=O) groups is 5. The molecule has 5 amide bonds. The molecule has 49 heavy (non-hydrogen) atoms. The van der Waals surface area contributed by atoms with Gasteiger partial charge in [-0.3, -0.25) is 19.2 Å². The minimum atomic E-state index is -1.12. The topological polar surface area (TPSA) is 234 Å². The predicted octanol–water partition coefficient (Wildman–Crippen LogP) is 1.17. The molecule has 3 rings (SSSR count). The Morgan fingerprint density at radius 3 is 2.39 bits per heavy atom. The number of nitrogens with two attached hydrogens (primary N) is 1. The standard InChI is InChI=1S/C32H44N10O7/c1-19(2)27(30(46)35-21(17-34-39-31(33)47)16-26(43)49-32(3,4)5)37-29(45)24(14-15-25-38-40-41-42(25)18-48-6)36-28(44)23-13-9-11-20-10-7-8-12-22(20)23/h7-13,17,19,21,24,27H,14-16,18H2,1-6H3,(H,35,46)(H,36,44)(H,37,45)(H3,33,39,47)/b34-17+/t21-,24-,27-/m0/s1. The van der Waals surface area contributed by atoms with Crippen molar-refractivity contribution in [3.05, 3.63) is 53.9 Å². The lowest BCUT2D eigenvalue weighted by molar-refractivity contribution is -0.155. The molecule has 1 aromatic heterocycles. The molecular formula is C32H44N10O7. The molecule has 264 valence electrons. The summed E-state index contributed by atoms with van der Waals surface area (Å²) in [6.45, 7) is 8.61. The second-order valence-electron chi connectivity index (χ2n) is 12.5. The van der Waals surface area contributed by atoms with Crippen molar-refractivity contribution in [1.29, 1.82) is 0 Å². The third kappa shape index (κ3) is 11.9. The third-order valence-corrected chi connectivity index (χ3v) is 6.98. The van der Waals surface area contributed by atoms with E-state index in [4.69, 9.17) is 15.2 Å². The SMILES string of the molecule is COCn1nnnc1CC[C@H](NC(=O)c1cccc2ccccc12)C(=O)N[C@H](C(=O)N[C@H](/C=N/NC(N)=O)CC(=O)OC(C)(C)C)C(C)C. The zero-order valence-corrected chi connectivity index (χ0v) is 28.4. The van der Waals surface area contributed by atoms with Gasteiger partial charge in [0.15, 0.2) is 5.82 Å². The summed E-state index contributed by atoms with van der Waals surface area (Å²) in [6.07, 6.45) is 1.06. The summed E-state index contributed by atoms with van der Waals surface area (Å²) in [5, 5.41) is 25.0. The van der Waals surface area contributed by atoms with E-state index in [1.807, 2.05) is 35.8 Å². The number of nitrogens with zero attached hydrogens (tertiary/aromatic N) is 5. The van der Waals surface area contributed by atoms with Gasteiger partial charge in [-0.25, -0.2) is 14.9 Å². The number of esters is 1. The van der Waals surface area contributed by atoms with Crippen LogP contribution in [0, 0.1) is 5.92 Å². The van der Waals surface area contributed by atoms with Gasteiger partial charge < -0.3 is 31.2 Å². The van der Waals surface area contributed by atoms with Crippen molar-refractivity contribution in [1.82, 2.24) is 41.6 Å². The third-order valence-electron chi connectivity index (χ3n) is 6.98. The van der Waals surface area contributed by atoms with Crippen LogP contribution < -0.4 is 27.1 Å². The summed E-state index contributed by atoms with van der Waals surface area (Å²) in [7, 11) is 1.49. The Kier molecular flexibility index (Phi) is 13.7. The molecule has 2 aromatic carbocycles. The van der Waals surface area contributed by atoms with Crippen LogP contribution in [0.5, 0.6) is 0 Å². The van der Waals surface area contributed by atoms with Crippen LogP contribution in [0.15, 0.2) is 47.6 Å². The quantitative estimate of drug-likeness (QED) is 0.0823. The second kappa shape index (κ2) is 17.6. The van der Waals surface area contributed by atoms with E-state index in [1.54, 1.807) is 46.8 Å². The van der Waals surface area contributed by atoms with Gasteiger partial charge in [-0.05, 0) is 60.4 Å². The number of benzene rings is 2. The normalized spacial score (nSPS) is 13.4. The first-order chi connectivity index (χ1) is 23.2. The molecule has 0 saturated heterocycles. The molecule has 17 heteroatoms. The smallest absolute Gasteiger partial charge is 0.332 e. The van der Waals surface area contributed by atoms with Gasteiger partial charge in [0.05, 0.1) is 12.5 Å². The second-order valence-corrected chi connectivity index (χ2v) is 12.5. The number of methoxy groups -OCH3 is 1. The monoisotopic (exact) mass is 680 g/mol. The molecule has 17 nitrogen and oxygen atoms in total. The number of nitrogens with one attached hydrogen (secondary N) is 4. The van der Waals surface area contributed by atoms with Crippen LogP contribution in [0.2, 0.25) is 0 Å². The van der Waals surface area contributed by atoms with Crippen molar-refractivity contribution in [2.45, 2.75) is 84.3 Å². The summed E-state index contributed by atoms with van der Waals surface area (Å²) in [5.74, 6) is -2.43. The van der Waals surface area contributed by atoms with Crippen LogP contribution in [-0.2, 0) is 37.0 Å². The van der Waals surface area contributed by atoms with Crippen LogP contribution in [0.4, 0.5) is 4.79 Å². The molecule has 0 aliphatic carbocycles. The zero-order valence-electron chi connectivity index (χ0n) is 28.4. The highest BCUT2D eigenvalue weighted by Crippen LogP contribution is 2.19. The first kappa shape index (κ1) is 38.0. The molecule has 6 N–H and O–H groups in total. The number of hydrogen-bond acceptors (Lipinski definition) is 11. The molecule has 3 aromatic rings. The molecule has 0 unspecified atom stereocenters. The highest BCUT2D eigenvalue weighted by Gasteiger charge is 2.31. The molecule has 0 saturated carbocycles. The number of tetrazole rings is 1. The van der Waals surface area contributed by atoms with Gasteiger partial charge in [0.25, 0.3) is 5.91 Å². The van der Waals surface area contributed by atoms with Gasteiger partial charge in [0.2, 0.25) is 11.8 Å². The molecule has 0 aliphatic rings. The molecule has 0 bridgehead atoms. The highest BCUT2D eigenvalue weighted by molar-refractivity contribution is 6.08. The number of aryl methyl sites for hydroxylation is 1. The number of amides is 5. The number of ether oxygens (including phenoxy) is 2. The maximum absolute atomic E-state index is 13.9. The Hall–Kier alpha value is -5.45. The first-order valence-electron chi connectivity index (χ1n) is 15.6. The van der Waals surface area contributed by atoms with Crippen LogP contribution in [0.3, 0.4) is 0 Å². The van der Waals surface area contributed by atoms with E-state index < -0.39 is 59.4 Å². The average Bonchev–Trinajstić information content (AvgIpc) is 3.46. The van der Waals surface area contributed by atoms with E-state index in [9.17, 15) is 24.0 Å². The number of urea groups is 1. The van der Waals surface area contributed by atoms with E-state index in [1.165, 1.54) is 11.8 Å². The predicted molar refractivity (Wildman–Crippen MR) is 179 cm³/mol. The van der Waals surface area contributed by atoms with Gasteiger partial charge in [-0.15, -0.1) is 5.10 Å². The number of carbonyl (C=O) groups excluding carboxylic acids is 5. The van der Waals surface area contributed by atoms with Gasteiger partial charge in [0.1, 0.15) is 24.4 Å². The van der Waals surface area contributed by atoms with E-state index in [2.05, 4.69) is 36.6 Å². The maximum Gasteiger partial charge on any atom is 0.332 e. The fourth-order valence-corrected chi connectivity index (χ4v) is 4.78.